The molecule has 3 heterocycles. The number of pyridine rings is 1. The lowest BCUT2D eigenvalue weighted by atomic mass is 10.1. The molecule has 0 saturated carbocycles. The summed E-state index contributed by atoms with van der Waals surface area (Å²) in [6.07, 6.45) is 9.99. The number of nitrogens with one attached hydrogen (secondary N) is 1. The van der Waals surface area contributed by atoms with Gasteiger partial charge in [0.1, 0.15) is 0 Å². The van der Waals surface area contributed by atoms with Crippen LogP contribution in [-0.4, -0.2) is 34.9 Å². The van der Waals surface area contributed by atoms with Crippen LogP contribution < -0.4 is 5.32 Å². The van der Waals surface area contributed by atoms with Crippen molar-refractivity contribution < 1.29 is 4.79 Å². The number of rotatable bonds is 4. The van der Waals surface area contributed by atoms with Crippen molar-refractivity contribution in [2.45, 2.75) is 50.6 Å². The molecule has 0 bridgehead atoms. The van der Waals surface area contributed by atoms with E-state index in [0.29, 0.717) is 18.4 Å². The maximum Gasteiger partial charge on any atom is 0.223 e. The fourth-order valence-corrected chi connectivity index (χ4v) is 3.43. The molecule has 2 fully saturated rings. The summed E-state index contributed by atoms with van der Waals surface area (Å²) in [6.45, 7) is 2.01. The second-order valence-electron chi connectivity index (χ2n) is 5.86. The van der Waals surface area contributed by atoms with Crippen LogP contribution in [0.4, 0.5) is 0 Å². The van der Waals surface area contributed by atoms with Crippen molar-refractivity contribution >= 4 is 5.91 Å². The zero-order chi connectivity index (χ0) is 13.8. The van der Waals surface area contributed by atoms with Crippen molar-refractivity contribution in [3.05, 3.63) is 30.1 Å². The molecule has 1 aromatic rings. The molecular weight excluding hydrogens is 250 g/mol. The van der Waals surface area contributed by atoms with Gasteiger partial charge >= 0.3 is 0 Å². The summed E-state index contributed by atoms with van der Waals surface area (Å²) in [6, 6.07) is 4.84. The van der Waals surface area contributed by atoms with Crippen LogP contribution in [0, 0.1) is 0 Å². The van der Waals surface area contributed by atoms with Crippen LogP contribution in [0.5, 0.6) is 0 Å². The van der Waals surface area contributed by atoms with E-state index in [2.05, 4.69) is 21.3 Å². The molecule has 4 heteroatoms. The lowest BCUT2D eigenvalue weighted by molar-refractivity contribution is -0.132. The fraction of sp³-hybridized carbons (Fsp3) is 0.625. The molecule has 108 valence electrons. The van der Waals surface area contributed by atoms with Gasteiger partial charge in [0.25, 0.3) is 0 Å². The molecule has 2 saturated heterocycles. The van der Waals surface area contributed by atoms with Crippen LogP contribution in [-0.2, 0) is 4.79 Å². The van der Waals surface area contributed by atoms with E-state index < -0.39 is 0 Å². The summed E-state index contributed by atoms with van der Waals surface area (Å²) in [5.41, 5.74) is 1.18. The van der Waals surface area contributed by atoms with Crippen molar-refractivity contribution in [2.75, 3.05) is 13.1 Å². The number of hydrogen-bond acceptors (Lipinski definition) is 3. The van der Waals surface area contributed by atoms with Crippen LogP contribution in [0.25, 0.3) is 0 Å². The first-order valence-corrected chi connectivity index (χ1v) is 7.77. The van der Waals surface area contributed by atoms with Crippen LogP contribution in [0.2, 0.25) is 0 Å². The highest BCUT2D eigenvalue weighted by Crippen LogP contribution is 2.32. The Labute approximate surface area is 120 Å². The largest absolute Gasteiger partial charge is 0.336 e. The van der Waals surface area contributed by atoms with Gasteiger partial charge in [-0.15, -0.1) is 0 Å². The first kappa shape index (κ1) is 13.6. The van der Waals surface area contributed by atoms with E-state index in [-0.39, 0.29) is 6.04 Å². The predicted molar refractivity (Wildman–Crippen MR) is 78.2 cm³/mol. The number of amides is 1. The quantitative estimate of drug-likeness (QED) is 0.915. The standard InChI is InChI=1S/C16H23N3O/c20-16(8-7-14-5-2-10-18-14)19-11-3-6-15(19)13-4-1-9-17-12-13/h1,4,9,12,14-15,18H,2-3,5-8,10-11H2. The third kappa shape index (κ3) is 3.01. The van der Waals surface area contributed by atoms with Crippen molar-refractivity contribution in [3.8, 4) is 0 Å². The number of carbonyl (C=O) groups excluding carboxylic acids is 1. The average molecular weight is 273 g/mol. The molecule has 20 heavy (non-hydrogen) atoms. The molecule has 2 aliphatic rings. The highest BCUT2D eigenvalue weighted by Gasteiger charge is 2.30. The summed E-state index contributed by atoms with van der Waals surface area (Å²) in [4.78, 5) is 18.7. The van der Waals surface area contributed by atoms with Gasteiger partial charge in [0, 0.05) is 31.4 Å². The lowest BCUT2D eigenvalue weighted by Crippen LogP contribution is -2.32. The Kier molecular flexibility index (Phi) is 4.31. The van der Waals surface area contributed by atoms with Crippen LogP contribution in [0.1, 0.15) is 50.1 Å². The molecule has 4 nitrogen and oxygen atoms in total. The van der Waals surface area contributed by atoms with Crippen LogP contribution >= 0.6 is 0 Å². The van der Waals surface area contributed by atoms with Crippen LogP contribution in [0.15, 0.2) is 24.5 Å². The highest BCUT2D eigenvalue weighted by atomic mass is 16.2. The number of carbonyl (C=O) groups is 1. The molecule has 1 N–H and O–H groups in total. The molecule has 2 aliphatic heterocycles. The normalized spacial score (nSPS) is 26.1. The van der Waals surface area contributed by atoms with Gasteiger partial charge in [-0.05, 0) is 50.3 Å². The van der Waals surface area contributed by atoms with Crippen molar-refractivity contribution in [3.63, 3.8) is 0 Å². The Morgan fingerprint density at radius 2 is 2.35 bits per heavy atom. The Morgan fingerprint density at radius 1 is 1.40 bits per heavy atom. The van der Waals surface area contributed by atoms with Gasteiger partial charge in [-0.2, -0.15) is 0 Å². The van der Waals surface area contributed by atoms with Crippen molar-refractivity contribution in [1.82, 2.24) is 15.2 Å². The molecule has 1 aromatic heterocycles. The molecule has 0 radical (unpaired) electrons. The molecule has 0 aliphatic carbocycles. The summed E-state index contributed by atoms with van der Waals surface area (Å²) in [5.74, 6) is 0.310. The zero-order valence-corrected chi connectivity index (χ0v) is 11.9. The minimum atomic E-state index is 0.243. The van der Waals surface area contributed by atoms with E-state index in [9.17, 15) is 4.79 Å². The van der Waals surface area contributed by atoms with Crippen molar-refractivity contribution in [2.24, 2.45) is 0 Å². The van der Waals surface area contributed by atoms with Gasteiger partial charge in [-0.25, -0.2) is 0 Å². The van der Waals surface area contributed by atoms with E-state index in [1.807, 2.05) is 12.3 Å². The topological polar surface area (TPSA) is 45.2 Å². The minimum Gasteiger partial charge on any atom is -0.336 e. The number of likely N-dealkylation sites (tertiary alicyclic amines) is 1. The van der Waals surface area contributed by atoms with Gasteiger partial charge in [0.2, 0.25) is 5.91 Å². The van der Waals surface area contributed by atoms with Gasteiger partial charge in [-0.3, -0.25) is 9.78 Å². The van der Waals surface area contributed by atoms with E-state index in [0.717, 1.165) is 32.4 Å². The third-order valence-corrected chi connectivity index (χ3v) is 4.51. The second-order valence-corrected chi connectivity index (χ2v) is 5.86. The number of hydrogen-bond donors (Lipinski definition) is 1. The van der Waals surface area contributed by atoms with Gasteiger partial charge in [-0.1, -0.05) is 6.07 Å². The SMILES string of the molecule is O=C(CCC1CCCN1)N1CCCC1c1cccnc1. The lowest BCUT2D eigenvalue weighted by Gasteiger charge is -2.25. The first-order valence-electron chi connectivity index (χ1n) is 7.77. The molecule has 1 amide bonds. The smallest absolute Gasteiger partial charge is 0.223 e. The van der Waals surface area contributed by atoms with Gasteiger partial charge in [0.15, 0.2) is 0 Å². The van der Waals surface area contributed by atoms with E-state index >= 15 is 0 Å². The van der Waals surface area contributed by atoms with Crippen LogP contribution in [0.3, 0.4) is 0 Å². The Morgan fingerprint density at radius 3 is 3.10 bits per heavy atom. The maximum atomic E-state index is 12.5. The average Bonchev–Trinajstić information content (AvgIpc) is 3.17. The predicted octanol–water partition coefficient (Wildman–Crippen LogP) is 2.28. The summed E-state index contributed by atoms with van der Waals surface area (Å²) in [7, 11) is 0. The number of aromatic nitrogens is 1. The third-order valence-electron chi connectivity index (χ3n) is 4.51. The molecule has 0 spiro atoms. The minimum absolute atomic E-state index is 0.243. The highest BCUT2D eigenvalue weighted by molar-refractivity contribution is 5.77. The van der Waals surface area contributed by atoms with Gasteiger partial charge in [0.05, 0.1) is 6.04 Å². The monoisotopic (exact) mass is 273 g/mol. The molecule has 3 rings (SSSR count). The fourth-order valence-electron chi connectivity index (χ4n) is 3.43. The summed E-state index contributed by atoms with van der Waals surface area (Å²) >= 11 is 0. The maximum absolute atomic E-state index is 12.5. The van der Waals surface area contributed by atoms with E-state index in [1.165, 1.54) is 18.4 Å². The molecule has 2 unspecified atom stereocenters. The van der Waals surface area contributed by atoms with E-state index in [4.69, 9.17) is 0 Å². The Bertz CT molecular complexity index is 442. The molecular formula is C16H23N3O. The second kappa shape index (κ2) is 6.35. The van der Waals surface area contributed by atoms with E-state index in [1.54, 1.807) is 6.20 Å². The number of nitrogens with zero attached hydrogens (tertiary/aromatic N) is 2. The van der Waals surface area contributed by atoms with Crippen molar-refractivity contribution in [1.29, 1.82) is 0 Å². The molecule has 0 aromatic carbocycles. The molecule has 2 atom stereocenters. The summed E-state index contributed by atoms with van der Waals surface area (Å²) in [5, 5.41) is 3.46. The summed E-state index contributed by atoms with van der Waals surface area (Å²) < 4.78 is 0. The Hall–Kier alpha value is -1.42. The zero-order valence-electron chi connectivity index (χ0n) is 11.9. The first-order chi connectivity index (χ1) is 9.84. The van der Waals surface area contributed by atoms with Gasteiger partial charge < -0.3 is 10.2 Å². The Balaban J connectivity index is 1.58.